The van der Waals surface area contributed by atoms with Crippen molar-refractivity contribution in [2.24, 2.45) is 11.7 Å². The molecule has 0 aromatic heterocycles. The summed E-state index contributed by atoms with van der Waals surface area (Å²) in [5, 5.41) is 0. The van der Waals surface area contributed by atoms with Crippen LogP contribution in [0.15, 0.2) is 0 Å². The van der Waals surface area contributed by atoms with Gasteiger partial charge in [-0.05, 0) is 46.1 Å². The molecule has 0 aromatic carbocycles. The molecule has 0 bridgehead atoms. The van der Waals surface area contributed by atoms with E-state index in [0.717, 1.165) is 19.1 Å². The van der Waals surface area contributed by atoms with E-state index in [1.807, 2.05) is 0 Å². The van der Waals surface area contributed by atoms with Crippen LogP contribution in [-0.4, -0.2) is 43.3 Å². The Morgan fingerprint density at radius 1 is 1.33 bits per heavy atom. The van der Waals surface area contributed by atoms with Crippen LogP contribution in [0, 0.1) is 5.92 Å². The molecule has 0 spiro atoms. The molecular formula is C15H32N2O. The third-order valence-electron chi connectivity index (χ3n) is 4.14. The predicted molar refractivity (Wildman–Crippen MR) is 77.7 cm³/mol. The summed E-state index contributed by atoms with van der Waals surface area (Å²) >= 11 is 0. The maximum absolute atomic E-state index is 6.29. The van der Waals surface area contributed by atoms with E-state index in [1.165, 1.54) is 32.1 Å². The van der Waals surface area contributed by atoms with Crippen LogP contribution in [0.25, 0.3) is 0 Å². The SMILES string of the molecule is CCCC1CCC(N)C(N(C)CCOC(C)C)C1. The van der Waals surface area contributed by atoms with Crippen molar-refractivity contribution < 1.29 is 4.74 Å². The molecule has 108 valence electrons. The highest BCUT2D eigenvalue weighted by molar-refractivity contribution is 4.88. The molecular weight excluding hydrogens is 224 g/mol. The van der Waals surface area contributed by atoms with E-state index in [9.17, 15) is 0 Å². The van der Waals surface area contributed by atoms with Crippen molar-refractivity contribution in [3.8, 4) is 0 Å². The fraction of sp³-hybridized carbons (Fsp3) is 1.00. The molecule has 1 fully saturated rings. The Labute approximate surface area is 113 Å². The first-order valence-electron chi connectivity index (χ1n) is 7.62. The van der Waals surface area contributed by atoms with Crippen molar-refractivity contribution in [3.05, 3.63) is 0 Å². The van der Waals surface area contributed by atoms with Gasteiger partial charge in [0.15, 0.2) is 0 Å². The number of nitrogens with zero attached hydrogens (tertiary/aromatic N) is 1. The Morgan fingerprint density at radius 3 is 2.67 bits per heavy atom. The van der Waals surface area contributed by atoms with Crippen LogP contribution < -0.4 is 5.73 Å². The highest BCUT2D eigenvalue weighted by atomic mass is 16.5. The summed E-state index contributed by atoms with van der Waals surface area (Å²) in [5.41, 5.74) is 6.29. The maximum atomic E-state index is 6.29. The third kappa shape index (κ3) is 5.25. The van der Waals surface area contributed by atoms with E-state index in [1.54, 1.807) is 0 Å². The molecule has 1 rings (SSSR count). The lowest BCUT2D eigenvalue weighted by molar-refractivity contribution is 0.0436. The van der Waals surface area contributed by atoms with Crippen LogP contribution in [0.3, 0.4) is 0 Å². The Kier molecular flexibility index (Phi) is 7.20. The number of hydrogen-bond donors (Lipinski definition) is 1. The van der Waals surface area contributed by atoms with Crippen LogP contribution in [0.1, 0.15) is 52.9 Å². The molecule has 0 heterocycles. The molecule has 0 aromatic rings. The van der Waals surface area contributed by atoms with E-state index < -0.39 is 0 Å². The second-order valence-electron chi connectivity index (χ2n) is 6.10. The predicted octanol–water partition coefficient (Wildman–Crippen LogP) is 2.64. The molecule has 18 heavy (non-hydrogen) atoms. The minimum absolute atomic E-state index is 0.325. The van der Waals surface area contributed by atoms with Gasteiger partial charge < -0.3 is 10.5 Å². The van der Waals surface area contributed by atoms with Gasteiger partial charge in [0, 0.05) is 18.6 Å². The first kappa shape index (κ1) is 15.9. The lowest BCUT2D eigenvalue weighted by Gasteiger charge is -2.39. The molecule has 3 atom stereocenters. The van der Waals surface area contributed by atoms with Crippen LogP contribution in [-0.2, 0) is 4.74 Å². The zero-order valence-corrected chi connectivity index (χ0v) is 12.7. The van der Waals surface area contributed by atoms with E-state index in [4.69, 9.17) is 10.5 Å². The van der Waals surface area contributed by atoms with E-state index >= 15 is 0 Å². The van der Waals surface area contributed by atoms with Crippen molar-refractivity contribution in [1.29, 1.82) is 0 Å². The highest BCUT2D eigenvalue weighted by Crippen LogP contribution is 2.29. The molecule has 0 saturated heterocycles. The fourth-order valence-electron chi connectivity index (χ4n) is 3.03. The van der Waals surface area contributed by atoms with Gasteiger partial charge in [-0.3, -0.25) is 4.90 Å². The molecule has 0 amide bonds. The van der Waals surface area contributed by atoms with Gasteiger partial charge in [-0.1, -0.05) is 19.8 Å². The smallest absolute Gasteiger partial charge is 0.0596 e. The molecule has 0 radical (unpaired) electrons. The van der Waals surface area contributed by atoms with Gasteiger partial charge in [0.2, 0.25) is 0 Å². The molecule has 2 N–H and O–H groups in total. The third-order valence-corrected chi connectivity index (χ3v) is 4.14. The molecule has 3 nitrogen and oxygen atoms in total. The summed E-state index contributed by atoms with van der Waals surface area (Å²) in [5.74, 6) is 0.883. The molecule has 3 heteroatoms. The summed E-state index contributed by atoms with van der Waals surface area (Å²) in [6.45, 7) is 8.27. The van der Waals surface area contributed by atoms with Crippen molar-refractivity contribution in [3.63, 3.8) is 0 Å². The molecule has 1 aliphatic carbocycles. The van der Waals surface area contributed by atoms with Crippen molar-refractivity contribution in [2.75, 3.05) is 20.2 Å². The van der Waals surface area contributed by atoms with Gasteiger partial charge in [-0.25, -0.2) is 0 Å². The van der Waals surface area contributed by atoms with Gasteiger partial charge in [-0.15, -0.1) is 0 Å². The Bertz CT molecular complexity index is 221. The van der Waals surface area contributed by atoms with E-state index in [0.29, 0.717) is 18.2 Å². The molecule has 0 aliphatic heterocycles. The Balaban J connectivity index is 2.36. The number of nitrogens with two attached hydrogens (primary N) is 1. The lowest BCUT2D eigenvalue weighted by atomic mass is 9.80. The quantitative estimate of drug-likeness (QED) is 0.761. The van der Waals surface area contributed by atoms with E-state index in [-0.39, 0.29) is 0 Å². The van der Waals surface area contributed by atoms with Crippen LogP contribution in [0.5, 0.6) is 0 Å². The fourth-order valence-corrected chi connectivity index (χ4v) is 3.03. The normalized spacial score (nSPS) is 29.2. The minimum atomic E-state index is 0.325. The minimum Gasteiger partial charge on any atom is -0.377 e. The maximum Gasteiger partial charge on any atom is 0.0596 e. The van der Waals surface area contributed by atoms with Gasteiger partial charge in [-0.2, -0.15) is 0 Å². The van der Waals surface area contributed by atoms with Crippen LogP contribution >= 0.6 is 0 Å². The first-order valence-corrected chi connectivity index (χ1v) is 7.62. The second-order valence-corrected chi connectivity index (χ2v) is 6.10. The Morgan fingerprint density at radius 2 is 2.06 bits per heavy atom. The highest BCUT2D eigenvalue weighted by Gasteiger charge is 2.30. The average Bonchev–Trinajstić information content (AvgIpc) is 2.31. The van der Waals surface area contributed by atoms with Crippen molar-refractivity contribution >= 4 is 0 Å². The molecule has 1 saturated carbocycles. The zero-order chi connectivity index (χ0) is 13.5. The van der Waals surface area contributed by atoms with Gasteiger partial charge in [0.1, 0.15) is 0 Å². The monoisotopic (exact) mass is 256 g/mol. The number of ether oxygens (including phenoxy) is 1. The molecule has 3 unspecified atom stereocenters. The van der Waals surface area contributed by atoms with Crippen LogP contribution in [0.4, 0.5) is 0 Å². The summed E-state index contributed by atoms with van der Waals surface area (Å²) in [6.07, 6.45) is 6.76. The van der Waals surface area contributed by atoms with Gasteiger partial charge in [0.05, 0.1) is 12.7 Å². The van der Waals surface area contributed by atoms with Crippen molar-refractivity contribution in [2.45, 2.75) is 71.1 Å². The first-order chi connectivity index (χ1) is 8.54. The average molecular weight is 256 g/mol. The van der Waals surface area contributed by atoms with Crippen molar-refractivity contribution in [1.82, 2.24) is 4.90 Å². The summed E-state index contributed by atoms with van der Waals surface area (Å²) in [7, 11) is 2.20. The number of hydrogen-bond acceptors (Lipinski definition) is 3. The summed E-state index contributed by atoms with van der Waals surface area (Å²) in [4.78, 5) is 2.41. The zero-order valence-electron chi connectivity index (χ0n) is 12.7. The summed E-state index contributed by atoms with van der Waals surface area (Å²) in [6, 6.07) is 0.896. The molecule has 1 aliphatic rings. The Hall–Kier alpha value is -0.120. The summed E-state index contributed by atoms with van der Waals surface area (Å²) < 4.78 is 5.63. The van der Waals surface area contributed by atoms with E-state index in [2.05, 4.69) is 32.7 Å². The standard InChI is InChI=1S/C15H32N2O/c1-5-6-13-7-8-14(16)15(11-13)17(4)9-10-18-12(2)3/h12-15H,5-11,16H2,1-4H3. The topological polar surface area (TPSA) is 38.5 Å². The van der Waals surface area contributed by atoms with Crippen LogP contribution in [0.2, 0.25) is 0 Å². The largest absolute Gasteiger partial charge is 0.377 e. The van der Waals surface area contributed by atoms with Gasteiger partial charge >= 0.3 is 0 Å². The lowest BCUT2D eigenvalue weighted by Crippen LogP contribution is -2.50. The van der Waals surface area contributed by atoms with Gasteiger partial charge in [0.25, 0.3) is 0 Å². The number of likely N-dealkylation sites (N-methyl/N-ethyl adjacent to an activating group) is 1. The number of rotatable bonds is 7. The second kappa shape index (κ2) is 8.13.